The third-order valence-corrected chi connectivity index (χ3v) is 23.9. The molecule has 9 aliphatic rings. The molecule has 4 aliphatic heterocycles. The van der Waals surface area contributed by atoms with Crippen molar-refractivity contribution in [1.29, 1.82) is 0 Å². The lowest BCUT2D eigenvalue weighted by molar-refractivity contribution is -0.395. The van der Waals surface area contributed by atoms with Gasteiger partial charge in [-0.05, 0) is 124 Å². The normalized spacial score (nSPS) is 48.1. The predicted molar refractivity (Wildman–Crippen MR) is 323 cm³/mol. The van der Waals surface area contributed by atoms with Crippen molar-refractivity contribution in [3.05, 3.63) is 34.9 Å². The minimum atomic E-state index is -2.16. The van der Waals surface area contributed by atoms with E-state index in [1.54, 1.807) is 27.7 Å². The SMILES string of the molecule is C/C=C(/C)C(=O)O[C@H]1[C@H](OC(=O)/C(C)=C\C)[C@@H](O)C(O[C@H]2[C@H](O)[C@@]3(COC(C)=O)C(CC2(C)C)C2=CCC4[C@@]5(C)CC[C@H](OC6O[C@H](C(=O)O)[C@@H](O)[C@H](O[C@H]7O[C@H](C)[C@@H](O)[C@H](O)[C@@H]7O)[C@H]6O[C@@H]6O[C@H](CO)[C@H](O)[C@H](O)[C@H]6O)C(C)(C)C5CC[C@@]4(C)[C@]2(C)C[C@H]3O)O[C@@H]1C(=O)O. The minimum Gasteiger partial charge on any atom is -0.479 e. The fraction of sp³-hybridized carbons (Fsp3) is 0.833. The van der Waals surface area contributed by atoms with E-state index < -0.39 is 229 Å². The van der Waals surface area contributed by atoms with Crippen LogP contribution in [0, 0.1) is 50.2 Å². The Kier molecular flexibility index (Phi) is 21.9. The molecule has 29 nitrogen and oxygen atoms in total. The van der Waals surface area contributed by atoms with Gasteiger partial charge >= 0.3 is 29.8 Å². The Bertz CT molecular complexity index is 2930. The first-order chi connectivity index (χ1) is 44.2. The maximum atomic E-state index is 13.4. The highest BCUT2D eigenvalue weighted by molar-refractivity contribution is 5.89. The zero-order valence-electron chi connectivity index (χ0n) is 56.0. The molecular weight excluding hydrogens is 1260 g/mol. The van der Waals surface area contributed by atoms with Crippen molar-refractivity contribution in [1.82, 2.24) is 0 Å². The zero-order chi connectivity index (χ0) is 70.5. The number of carbonyl (C=O) groups is 5. The van der Waals surface area contributed by atoms with E-state index in [1.807, 2.05) is 13.8 Å². The summed E-state index contributed by atoms with van der Waals surface area (Å²) in [4.78, 5) is 65.6. The molecule has 29 heteroatoms. The highest BCUT2D eigenvalue weighted by Gasteiger charge is 2.74. The third kappa shape index (κ3) is 12.9. The van der Waals surface area contributed by atoms with Crippen LogP contribution in [0.15, 0.2) is 34.9 Å². The molecule has 0 aromatic heterocycles. The molecule has 0 radical (unpaired) electrons. The van der Waals surface area contributed by atoms with Crippen molar-refractivity contribution < 1.29 is 142 Å². The van der Waals surface area contributed by atoms with Gasteiger partial charge in [0.05, 0.1) is 42.5 Å². The number of allylic oxidation sites excluding steroid dienone is 4. The molecule has 13 N–H and O–H groups in total. The summed E-state index contributed by atoms with van der Waals surface area (Å²) in [5.74, 6) is -6.95. The summed E-state index contributed by atoms with van der Waals surface area (Å²) < 4.78 is 66.5. The van der Waals surface area contributed by atoms with Crippen molar-refractivity contribution in [2.45, 2.75) is 282 Å². The number of ether oxygens (including phenoxy) is 11. The first-order valence-corrected chi connectivity index (χ1v) is 32.9. The van der Waals surface area contributed by atoms with Crippen LogP contribution in [-0.4, -0.2) is 257 Å². The van der Waals surface area contributed by atoms with Gasteiger partial charge in [-0.1, -0.05) is 72.3 Å². The second-order valence-corrected chi connectivity index (χ2v) is 29.9. The molecule has 8 fully saturated rings. The number of aliphatic hydroxyl groups excluding tert-OH is 11. The van der Waals surface area contributed by atoms with Gasteiger partial charge < -0.3 is 118 Å². The summed E-state index contributed by atoms with van der Waals surface area (Å²) in [5, 5.41) is 147. The fourth-order valence-corrected chi connectivity index (χ4v) is 18.0. The molecule has 538 valence electrons. The van der Waals surface area contributed by atoms with E-state index in [2.05, 4.69) is 26.8 Å². The topological polar surface area (TPSA) is 450 Å². The Hall–Kier alpha value is -4.19. The van der Waals surface area contributed by atoms with Crippen LogP contribution in [-0.2, 0) is 76.1 Å². The largest absolute Gasteiger partial charge is 0.479 e. The van der Waals surface area contributed by atoms with Crippen LogP contribution in [0.25, 0.3) is 0 Å². The molecule has 0 aromatic carbocycles. The van der Waals surface area contributed by atoms with Crippen molar-refractivity contribution in [3.63, 3.8) is 0 Å². The average molecular weight is 1360 g/mol. The number of rotatable bonds is 17. The average Bonchev–Trinajstić information content (AvgIpc) is 0.670. The van der Waals surface area contributed by atoms with E-state index in [4.69, 9.17) is 52.1 Å². The van der Waals surface area contributed by atoms with E-state index in [-0.39, 0.29) is 35.8 Å². The number of aliphatic carboxylic acids is 2. The molecule has 9 rings (SSSR count). The molecule has 0 bridgehead atoms. The van der Waals surface area contributed by atoms with E-state index in [1.165, 1.54) is 39.8 Å². The first-order valence-electron chi connectivity index (χ1n) is 32.9. The van der Waals surface area contributed by atoms with Crippen molar-refractivity contribution in [2.75, 3.05) is 13.2 Å². The second-order valence-electron chi connectivity index (χ2n) is 29.9. The zero-order valence-corrected chi connectivity index (χ0v) is 56.0. The molecule has 95 heavy (non-hydrogen) atoms. The molecule has 0 amide bonds. The van der Waals surface area contributed by atoms with Crippen molar-refractivity contribution in [3.8, 4) is 0 Å². The fourth-order valence-electron chi connectivity index (χ4n) is 18.0. The maximum Gasteiger partial charge on any atom is 0.337 e. The number of carboxylic acid groups (broad SMARTS) is 2. The number of hydrogen-bond donors (Lipinski definition) is 13. The lowest BCUT2D eigenvalue weighted by Crippen LogP contribution is -2.73. The van der Waals surface area contributed by atoms with Gasteiger partial charge in [0.25, 0.3) is 0 Å². The van der Waals surface area contributed by atoms with E-state index >= 15 is 0 Å². The standard InChI is InChI=1S/C66H100O29/c1-14-26(3)55(83)89-46-44(77)59(93-49(54(81)82)48(46)90-56(84)27(4)15-2)95-52-51(78)66(25-85-29(6)68)31(22-61(52,7)8)30-16-17-34-63(11)20-19-36(62(9,10)33(63)18-21-64(34,12)65(30,13)23-35(66)69)88-60-50(94-58-42(75)40(73)38(71)32(24-67)87-58)45(43(76)47(92-60)53(79)80)91-57-41(74)39(72)37(70)28(5)86-57/h14-16,28,31-52,57-60,67,69-78H,17-25H2,1-13H3,(H,79,80)(H,81,82)/b26-14-,27-15-/t28-,31?,32-,33?,34?,35-,36+,37-,38+,39+,40+,41+,42-,43+,44-,45+,46-,47+,48+,49+,50-,51+,52+,57-,58+,59?,60?,63+,64-,65-,66+/m1/s1. The van der Waals surface area contributed by atoms with Gasteiger partial charge in [0.1, 0.15) is 73.8 Å². The summed E-state index contributed by atoms with van der Waals surface area (Å²) in [6.45, 7) is 21.3. The van der Waals surface area contributed by atoms with E-state index in [9.17, 15) is 90.4 Å². The highest BCUT2D eigenvalue weighted by Crippen LogP contribution is 2.76. The molecule has 0 aromatic rings. The van der Waals surface area contributed by atoms with Crippen LogP contribution in [0.1, 0.15) is 135 Å². The number of carbonyl (C=O) groups excluding carboxylic acids is 3. The number of carboxylic acids is 2. The molecule has 31 atom stereocenters. The lowest BCUT2D eigenvalue weighted by atomic mass is 9.33. The highest BCUT2D eigenvalue weighted by atomic mass is 16.8. The molecule has 4 saturated carbocycles. The van der Waals surface area contributed by atoms with Crippen LogP contribution in [0.4, 0.5) is 0 Å². The van der Waals surface area contributed by atoms with E-state index in [0.717, 1.165) is 5.57 Å². The summed E-state index contributed by atoms with van der Waals surface area (Å²) in [7, 11) is 0. The monoisotopic (exact) mass is 1360 g/mol. The number of fused-ring (bicyclic) bond motifs is 7. The summed E-state index contributed by atoms with van der Waals surface area (Å²) in [6.07, 6.45) is -35.0. The molecule has 5 unspecified atom stereocenters. The Morgan fingerprint density at radius 2 is 1.15 bits per heavy atom. The van der Waals surface area contributed by atoms with Gasteiger partial charge in [0.15, 0.2) is 49.6 Å². The van der Waals surface area contributed by atoms with Gasteiger partial charge in [-0.25, -0.2) is 19.2 Å². The van der Waals surface area contributed by atoms with Crippen LogP contribution in [0.2, 0.25) is 0 Å². The van der Waals surface area contributed by atoms with E-state index in [0.29, 0.717) is 32.1 Å². The summed E-state index contributed by atoms with van der Waals surface area (Å²) in [5.41, 5.74) is -4.46. The summed E-state index contributed by atoms with van der Waals surface area (Å²) >= 11 is 0. The van der Waals surface area contributed by atoms with Gasteiger partial charge in [0, 0.05) is 18.1 Å². The van der Waals surface area contributed by atoms with Crippen LogP contribution in [0.5, 0.6) is 0 Å². The smallest absolute Gasteiger partial charge is 0.337 e. The Morgan fingerprint density at radius 1 is 0.589 bits per heavy atom. The number of aliphatic hydroxyl groups is 11. The quantitative estimate of drug-likeness (QED) is 0.0303. The van der Waals surface area contributed by atoms with Crippen molar-refractivity contribution >= 4 is 29.8 Å². The van der Waals surface area contributed by atoms with Gasteiger partial charge in [-0.2, -0.15) is 0 Å². The minimum absolute atomic E-state index is 0.0460. The molecule has 0 spiro atoms. The maximum absolute atomic E-state index is 13.4. The first kappa shape index (κ1) is 75.0. The molecule has 4 heterocycles. The van der Waals surface area contributed by atoms with Crippen molar-refractivity contribution in [2.24, 2.45) is 50.2 Å². The van der Waals surface area contributed by atoms with Gasteiger partial charge in [-0.15, -0.1) is 0 Å². The Labute approximate surface area is 551 Å². The van der Waals surface area contributed by atoms with Gasteiger partial charge in [0.2, 0.25) is 0 Å². The number of hydrogen-bond acceptors (Lipinski definition) is 27. The predicted octanol–water partition coefficient (Wildman–Crippen LogP) is 0.168. The van der Waals surface area contributed by atoms with Crippen LogP contribution >= 0.6 is 0 Å². The van der Waals surface area contributed by atoms with Crippen LogP contribution in [0.3, 0.4) is 0 Å². The second kappa shape index (κ2) is 27.7. The van der Waals surface area contributed by atoms with Gasteiger partial charge in [-0.3, -0.25) is 4.79 Å². The Morgan fingerprint density at radius 3 is 1.73 bits per heavy atom. The molecule has 4 saturated heterocycles. The Balaban J connectivity index is 1.02. The molecular formula is C66H100O29. The third-order valence-electron chi connectivity index (χ3n) is 23.9. The molecule has 5 aliphatic carbocycles. The summed E-state index contributed by atoms with van der Waals surface area (Å²) in [6, 6.07) is 0. The van der Waals surface area contributed by atoms with Crippen LogP contribution < -0.4 is 0 Å². The number of esters is 3. The lowest BCUT2D eigenvalue weighted by Gasteiger charge is -2.72.